The van der Waals surface area contributed by atoms with Crippen LogP contribution in [0.3, 0.4) is 0 Å². The lowest BCUT2D eigenvalue weighted by atomic mass is 10.1. The number of hydrogen-bond acceptors (Lipinski definition) is 3. The number of carbonyl (C=O) groups is 3. The molecule has 1 saturated carbocycles. The highest BCUT2D eigenvalue weighted by atomic mass is 79.9. The van der Waals surface area contributed by atoms with Gasteiger partial charge in [0.05, 0.1) is 6.54 Å². The highest BCUT2D eigenvalue weighted by Gasteiger charge is 2.44. The first-order chi connectivity index (χ1) is 12.0. The van der Waals surface area contributed by atoms with Crippen LogP contribution in [0.4, 0.5) is 0 Å². The number of hydrogen-bond donors (Lipinski definition) is 2. The minimum absolute atomic E-state index is 0.0457. The molecule has 2 N–H and O–H groups in total. The molecule has 2 aliphatic rings. The zero-order valence-corrected chi connectivity index (χ0v) is 15.7. The third-order valence-corrected chi connectivity index (χ3v) is 5.49. The Bertz CT molecular complexity index is 677. The molecule has 0 bridgehead atoms. The first kappa shape index (κ1) is 17.9. The molecular weight excluding hydrogens is 386 g/mol. The molecule has 3 amide bonds. The molecule has 0 spiro atoms. The Balaban J connectivity index is 1.49. The number of rotatable bonds is 5. The molecule has 1 heterocycles. The molecule has 2 fully saturated rings. The van der Waals surface area contributed by atoms with Gasteiger partial charge in [0.25, 0.3) is 0 Å². The molecule has 1 aromatic rings. The van der Waals surface area contributed by atoms with Gasteiger partial charge < -0.3 is 15.5 Å². The van der Waals surface area contributed by atoms with Gasteiger partial charge in [-0.2, -0.15) is 0 Å². The number of nitrogens with one attached hydrogen (secondary N) is 2. The molecule has 134 valence electrons. The van der Waals surface area contributed by atoms with Crippen LogP contribution in [0.2, 0.25) is 0 Å². The van der Waals surface area contributed by atoms with Crippen LogP contribution in [-0.4, -0.2) is 48.8 Å². The topological polar surface area (TPSA) is 78.5 Å². The molecule has 25 heavy (non-hydrogen) atoms. The van der Waals surface area contributed by atoms with Crippen LogP contribution in [0.25, 0.3) is 0 Å². The van der Waals surface area contributed by atoms with Gasteiger partial charge in [0, 0.05) is 24.0 Å². The van der Waals surface area contributed by atoms with Crippen molar-refractivity contribution in [3.05, 3.63) is 34.3 Å². The number of carbonyl (C=O) groups excluding carboxylic acids is 3. The van der Waals surface area contributed by atoms with Gasteiger partial charge >= 0.3 is 0 Å². The molecule has 3 atom stereocenters. The number of benzene rings is 1. The van der Waals surface area contributed by atoms with E-state index in [2.05, 4.69) is 26.6 Å². The maximum atomic E-state index is 12.3. The van der Waals surface area contributed by atoms with E-state index in [1.165, 1.54) is 0 Å². The quantitative estimate of drug-likeness (QED) is 0.774. The molecule has 3 rings (SSSR count). The Hall–Kier alpha value is -1.89. The standard InChI is InChI=1S/C18H22BrN3O3/c1-20-18(25)15-3-2-8-22(15)16(23)10-21-17(24)14-9-13(14)11-4-6-12(19)7-5-11/h4-7,13-15H,2-3,8-10H2,1H3,(H,20,25)(H,21,24). The Morgan fingerprint density at radius 3 is 2.60 bits per heavy atom. The van der Waals surface area contributed by atoms with Crippen LogP contribution in [0.15, 0.2) is 28.7 Å². The number of amides is 3. The van der Waals surface area contributed by atoms with Crippen LogP contribution in [-0.2, 0) is 14.4 Å². The SMILES string of the molecule is CNC(=O)C1CCCN1C(=O)CNC(=O)C1CC1c1ccc(Br)cc1. The van der Waals surface area contributed by atoms with Gasteiger partial charge in [-0.05, 0) is 42.9 Å². The van der Waals surface area contributed by atoms with E-state index >= 15 is 0 Å². The summed E-state index contributed by atoms with van der Waals surface area (Å²) in [6, 6.07) is 7.57. The molecule has 3 unspecified atom stereocenters. The first-order valence-electron chi connectivity index (χ1n) is 8.55. The fraction of sp³-hybridized carbons (Fsp3) is 0.500. The number of likely N-dealkylation sites (tertiary alicyclic amines) is 1. The fourth-order valence-corrected chi connectivity index (χ4v) is 3.73. The Morgan fingerprint density at radius 1 is 1.20 bits per heavy atom. The molecule has 1 saturated heterocycles. The van der Waals surface area contributed by atoms with Crippen LogP contribution in [0, 0.1) is 5.92 Å². The van der Waals surface area contributed by atoms with Crippen molar-refractivity contribution in [2.75, 3.05) is 20.1 Å². The second kappa shape index (κ2) is 7.56. The normalized spacial score (nSPS) is 24.7. The first-order valence-corrected chi connectivity index (χ1v) is 9.34. The van der Waals surface area contributed by atoms with E-state index in [0.29, 0.717) is 13.0 Å². The smallest absolute Gasteiger partial charge is 0.242 e. The molecule has 1 aliphatic heterocycles. The van der Waals surface area contributed by atoms with Crippen molar-refractivity contribution in [3.63, 3.8) is 0 Å². The van der Waals surface area contributed by atoms with Crippen molar-refractivity contribution >= 4 is 33.7 Å². The summed E-state index contributed by atoms with van der Waals surface area (Å²) in [5.41, 5.74) is 1.15. The third kappa shape index (κ3) is 4.03. The average molecular weight is 408 g/mol. The summed E-state index contributed by atoms with van der Waals surface area (Å²) in [6.07, 6.45) is 2.30. The van der Waals surface area contributed by atoms with Crippen molar-refractivity contribution in [1.29, 1.82) is 0 Å². The largest absolute Gasteiger partial charge is 0.357 e. The van der Waals surface area contributed by atoms with E-state index < -0.39 is 6.04 Å². The fourth-order valence-electron chi connectivity index (χ4n) is 3.46. The van der Waals surface area contributed by atoms with Gasteiger partial charge in [-0.25, -0.2) is 0 Å². The summed E-state index contributed by atoms with van der Waals surface area (Å²) in [5.74, 6) is -0.261. The summed E-state index contributed by atoms with van der Waals surface area (Å²) >= 11 is 3.40. The van der Waals surface area contributed by atoms with E-state index in [1.54, 1.807) is 11.9 Å². The molecule has 0 radical (unpaired) electrons. The molecule has 1 aliphatic carbocycles. The average Bonchev–Trinajstić information content (AvgIpc) is 3.27. The van der Waals surface area contributed by atoms with E-state index in [4.69, 9.17) is 0 Å². The maximum absolute atomic E-state index is 12.3. The predicted molar refractivity (Wildman–Crippen MR) is 96.8 cm³/mol. The van der Waals surface area contributed by atoms with Crippen LogP contribution < -0.4 is 10.6 Å². The second-order valence-corrected chi connectivity index (χ2v) is 7.49. The summed E-state index contributed by atoms with van der Waals surface area (Å²) < 4.78 is 1.01. The maximum Gasteiger partial charge on any atom is 0.242 e. The van der Waals surface area contributed by atoms with Gasteiger partial charge in [0.2, 0.25) is 17.7 Å². The lowest BCUT2D eigenvalue weighted by Crippen LogP contribution is -2.48. The van der Waals surface area contributed by atoms with Crippen LogP contribution in [0.1, 0.15) is 30.7 Å². The molecule has 1 aromatic carbocycles. The van der Waals surface area contributed by atoms with Gasteiger partial charge in [-0.15, -0.1) is 0 Å². The molecule has 6 nitrogen and oxygen atoms in total. The Kier molecular flexibility index (Phi) is 5.42. The zero-order valence-electron chi connectivity index (χ0n) is 14.1. The number of halogens is 1. The minimum atomic E-state index is -0.411. The van der Waals surface area contributed by atoms with Crippen LogP contribution >= 0.6 is 15.9 Å². The van der Waals surface area contributed by atoms with Crippen molar-refractivity contribution < 1.29 is 14.4 Å². The number of nitrogens with zero attached hydrogens (tertiary/aromatic N) is 1. The van der Waals surface area contributed by atoms with E-state index in [0.717, 1.165) is 22.9 Å². The van der Waals surface area contributed by atoms with Crippen molar-refractivity contribution in [3.8, 4) is 0 Å². The van der Waals surface area contributed by atoms with Gasteiger partial charge in [-0.1, -0.05) is 28.1 Å². The van der Waals surface area contributed by atoms with Gasteiger partial charge in [-0.3, -0.25) is 14.4 Å². The third-order valence-electron chi connectivity index (χ3n) is 4.96. The molecule has 7 heteroatoms. The highest BCUT2D eigenvalue weighted by molar-refractivity contribution is 9.10. The predicted octanol–water partition coefficient (Wildman–Crippen LogP) is 1.41. The molecular formula is C18H22BrN3O3. The highest BCUT2D eigenvalue weighted by Crippen LogP contribution is 2.47. The summed E-state index contributed by atoms with van der Waals surface area (Å²) in [4.78, 5) is 38.0. The monoisotopic (exact) mass is 407 g/mol. The van der Waals surface area contributed by atoms with E-state index in [1.807, 2.05) is 24.3 Å². The van der Waals surface area contributed by atoms with Gasteiger partial charge in [0.15, 0.2) is 0 Å². The summed E-state index contributed by atoms with van der Waals surface area (Å²) in [7, 11) is 1.57. The summed E-state index contributed by atoms with van der Waals surface area (Å²) in [6.45, 7) is 0.521. The minimum Gasteiger partial charge on any atom is -0.357 e. The lowest BCUT2D eigenvalue weighted by molar-refractivity contribution is -0.138. The van der Waals surface area contributed by atoms with Crippen molar-refractivity contribution in [2.45, 2.75) is 31.2 Å². The van der Waals surface area contributed by atoms with Crippen molar-refractivity contribution in [1.82, 2.24) is 15.5 Å². The Morgan fingerprint density at radius 2 is 1.92 bits per heavy atom. The van der Waals surface area contributed by atoms with E-state index in [9.17, 15) is 14.4 Å². The van der Waals surface area contributed by atoms with Crippen LogP contribution in [0.5, 0.6) is 0 Å². The van der Waals surface area contributed by atoms with Crippen molar-refractivity contribution in [2.24, 2.45) is 5.92 Å². The van der Waals surface area contributed by atoms with Gasteiger partial charge in [0.1, 0.15) is 6.04 Å². The molecule has 0 aromatic heterocycles. The van der Waals surface area contributed by atoms with E-state index in [-0.39, 0.29) is 36.1 Å². The lowest BCUT2D eigenvalue weighted by Gasteiger charge is -2.23. The zero-order chi connectivity index (χ0) is 18.0. The Labute approximate surface area is 155 Å². The number of likely N-dealkylation sites (N-methyl/N-ethyl adjacent to an activating group) is 1. The summed E-state index contributed by atoms with van der Waals surface area (Å²) in [5, 5.41) is 5.33. The second-order valence-electron chi connectivity index (χ2n) is 6.58.